The fourth-order valence-corrected chi connectivity index (χ4v) is 7.03. The van der Waals surface area contributed by atoms with Crippen molar-refractivity contribution in [1.82, 2.24) is 20.6 Å². The summed E-state index contributed by atoms with van der Waals surface area (Å²) in [6, 6.07) is 3.49. The van der Waals surface area contributed by atoms with Gasteiger partial charge in [0.1, 0.15) is 23.8 Å². The molecule has 0 aromatic carbocycles. The predicted octanol–water partition coefficient (Wildman–Crippen LogP) is 5.33. The van der Waals surface area contributed by atoms with Gasteiger partial charge in [-0.25, -0.2) is 27.5 Å². The maximum Gasteiger partial charge on any atom is 0.290 e. The summed E-state index contributed by atoms with van der Waals surface area (Å²) < 4.78 is 69.6. The lowest BCUT2D eigenvalue weighted by atomic mass is 10.0. The zero-order chi connectivity index (χ0) is 35.6. The first-order chi connectivity index (χ1) is 23.5. The van der Waals surface area contributed by atoms with Crippen molar-refractivity contribution in [3.8, 4) is 0 Å². The van der Waals surface area contributed by atoms with Crippen molar-refractivity contribution in [3.63, 3.8) is 0 Å². The van der Waals surface area contributed by atoms with Crippen LogP contribution < -0.4 is 20.4 Å². The number of hydrogen-bond acceptors (Lipinski definition) is 8. The molecule has 272 valence electrons. The minimum atomic E-state index is -2.91. The summed E-state index contributed by atoms with van der Waals surface area (Å²) in [5.41, 5.74) is 4.05. The molecular formula is C36H46F4N6O4. The second-order valence-electron chi connectivity index (χ2n) is 15.8. The minimum Gasteiger partial charge on any atom is -0.371 e. The molecule has 8 rings (SSSR count). The SMILES string of the molecule is Cc1cc2c(nc1N1CC[C@@H](OCC3(C)CC3)C(F)(F)C1)CNC2=O.Cc1cc2c(nc1N1CC[C@H](OCC3(C)CC3)C(F)(F)C1)CNC2=O. The molecule has 4 fully saturated rings. The predicted molar refractivity (Wildman–Crippen MR) is 178 cm³/mol. The van der Waals surface area contributed by atoms with Gasteiger partial charge in [-0.2, -0.15) is 0 Å². The monoisotopic (exact) mass is 702 g/mol. The van der Waals surface area contributed by atoms with Crippen LogP contribution in [0.4, 0.5) is 29.2 Å². The standard InChI is InChI=1S/2C18H23F2N3O2/c2*1-11-7-12-13(8-21-16(12)24)22-15(11)23-6-3-14(18(19,20)9-23)25-10-17(2)4-5-17/h2*7,14H,3-6,8-10H2,1-2H3,(H,21,24)/t2*14-/m10/s1. The van der Waals surface area contributed by atoms with Gasteiger partial charge in [-0.1, -0.05) is 13.8 Å². The van der Waals surface area contributed by atoms with Crippen molar-refractivity contribution in [1.29, 1.82) is 0 Å². The first-order valence-corrected chi connectivity index (χ1v) is 17.6. The molecule has 2 amide bonds. The van der Waals surface area contributed by atoms with Gasteiger partial charge < -0.3 is 29.9 Å². The van der Waals surface area contributed by atoms with E-state index in [-0.39, 0.29) is 35.5 Å². The Morgan fingerprint density at radius 1 is 0.720 bits per heavy atom. The van der Waals surface area contributed by atoms with Crippen LogP contribution >= 0.6 is 0 Å². The number of hydrogen-bond donors (Lipinski definition) is 2. The molecule has 4 aliphatic heterocycles. The summed E-state index contributed by atoms with van der Waals surface area (Å²) >= 11 is 0. The Morgan fingerprint density at radius 2 is 1.10 bits per heavy atom. The maximum absolute atomic E-state index is 14.6. The zero-order valence-electron chi connectivity index (χ0n) is 29.1. The molecule has 2 aromatic rings. The molecule has 50 heavy (non-hydrogen) atoms. The number of aryl methyl sites for hydroxylation is 2. The molecule has 0 bridgehead atoms. The van der Waals surface area contributed by atoms with Gasteiger partial charge in [0.05, 0.1) is 61.9 Å². The summed E-state index contributed by atoms with van der Waals surface area (Å²) in [6.07, 6.45) is 2.73. The van der Waals surface area contributed by atoms with E-state index >= 15 is 0 Å². The largest absolute Gasteiger partial charge is 0.371 e. The fraction of sp³-hybridized carbons (Fsp3) is 0.667. The van der Waals surface area contributed by atoms with Gasteiger partial charge in [0.2, 0.25) is 0 Å². The van der Waals surface area contributed by atoms with Gasteiger partial charge in [-0.05, 0) is 86.5 Å². The fourth-order valence-electron chi connectivity index (χ4n) is 7.03. The first-order valence-electron chi connectivity index (χ1n) is 17.6. The molecule has 14 heteroatoms. The highest BCUT2D eigenvalue weighted by molar-refractivity contribution is 5.98. The topological polar surface area (TPSA) is 109 Å². The lowest BCUT2D eigenvalue weighted by molar-refractivity contribution is -0.149. The Hall–Kier alpha value is -3.52. The van der Waals surface area contributed by atoms with E-state index in [1.807, 2.05) is 13.8 Å². The molecule has 2 N–H and O–H groups in total. The summed E-state index contributed by atoms with van der Waals surface area (Å²) in [4.78, 5) is 35.6. The molecular weight excluding hydrogens is 656 g/mol. The van der Waals surface area contributed by atoms with E-state index in [0.29, 0.717) is 73.5 Å². The minimum absolute atomic E-state index is 0.102. The van der Waals surface area contributed by atoms with Crippen LogP contribution in [0.5, 0.6) is 0 Å². The molecule has 2 atom stereocenters. The lowest BCUT2D eigenvalue weighted by Crippen LogP contribution is -2.53. The van der Waals surface area contributed by atoms with Gasteiger partial charge in [0, 0.05) is 13.1 Å². The van der Waals surface area contributed by atoms with Crippen LogP contribution in [0, 0.1) is 24.7 Å². The molecule has 2 aromatic heterocycles. The van der Waals surface area contributed by atoms with Crippen molar-refractivity contribution in [2.24, 2.45) is 10.8 Å². The molecule has 6 heterocycles. The normalized spacial score (nSPS) is 26.3. The van der Waals surface area contributed by atoms with Gasteiger partial charge in [-0.15, -0.1) is 0 Å². The van der Waals surface area contributed by atoms with Crippen molar-refractivity contribution in [3.05, 3.63) is 45.8 Å². The number of nitrogens with zero attached hydrogens (tertiary/aromatic N) is 4. The first kappa shape index (κ1) is 34.9. The number of piperidine rings is 2. The number of ether oxygens (including phenoxy) is 2. The summed E-state index contributed by atoms with van der Waals surface area (Å²) in [7, 11) is 0. The Kier molecular flexibility index (Phi) is 8.80. The molecule has 0 spiro atoms. The number of aromatic nitrogens is 2. The number of alkyl halides is 4. The van der Waals surface area contributed by atoms with Gasteiger partial charge in [0.25, 0.3) is 23.7 Å². The van der Waals surface area contributed by atoms with E-state index < -0.39 is 37.1 Å². The van der Waals surface area contributed by atoms with E-state index in [0.717, 1.165) is 36.8 Å². The zero-order valence-corrected chi connectivity index (χ0v) is 29.1. The number of rotatable bonds is 8. The van der Waals surface area contributed by atoms with E-state index in [2.05, 4.69) is 34.4 Å². The summed E-state index contributed by atoms with van der Waals surface area (Å²) in [5.74, 6) is -5.04. The van der Waals surface area contributed by atoms with Crippen LogP contribution in [0.2, 0.25) is 0 Å². The Morgan fingerprint density at radius 3 is 1.44 bits per heavy atom. The molecule has 6 aliphatic rings. The van der Waals surface area contributed by atoms with E-state index in [1.54, 1.807) is 21.9 Å². The maximum atomic E-state index is 14.6. The number of nitrogens with one attached hydrogen (secondary N) is 2. The number of anilines is 2. The molecule has 2 saturated heterocycles. The second kappa shape index (κ2) is 12.6. The van der Waals surface area contributed by atoms with Gasteiger partial charge in [-0.3, -0.25) is 9.59 Å². The number of pyridine rings is 2. The Labute approximate surface area is 289 Å². The van der Waals surface area contributed by atoms with Crippen LogP contribution in [0.25, 0.3) is 0 Å². The second-order valence-corrected chi connectivity index (χ2v) is 15.8. The van der Waals surface area contributed by atoms with Crippen LogP contribution in [0.3, 0.4) is 0 Å². The third-order valence-electron chi connectivity index (χ3n) is 11.0. The van der Waals surface area contributed by atoms with Crippen LogP contribution in [0.15, 0.2) is 12.1 Å². The molecule has 0 radical (unpaired) electrons. The van der Waals surface area contributed by atoms with Crippen molar-refractivity contribution in [2.75, 3.05) is 49.2 Å². The van der Waals surface area contributed by atoms with Crippen molar-refractivity contribution < 1.29 is 36.6 Å². The number of amides is 2. The number of carbonyl (C=O) groups excluding carboxylic acids is 2. The lowest BCUT2D eigenvalue weighted by Gasteiger charge is -2.39. The quantitative estimate of drug-likeness (QED) is 0.356. The van der Waals surface area contributed by atoms with Crippen LogP contribution in [-0.2, 0) is 22.6 Å². The van der Waals surface area contributed by atoms with E-state index in [9.17, 15) is 27.2 Å². The summed E-state index contributed by atoms with van der Waals surface area (Å²) in [5, 5.41) is 5.43. The number of halogens is 4. The van der Waals surface area contributed by atoms with Crippen molar-refractivity contribution >= 4 is 23.5 Å². The Balaban J connectivity index is 0.000000157. The number of carbonyl (C=O) groups is 2. The highest BCUT2D eigenvalue weighted by Gasteiger charge is 2.49. The van der Waals surface area contributed by atoms with Crippen LogP contribution in [-0.4, -0.2) is 85.2 Å². The van der Waals surface area contributed by atoms with Crippen molar-refractivity contribution in [2.45, 2.75) is 103 Å². The molecule has 0 unspecified atom stereocenters. The van der Waals surface area contributed by atoms with Gasteiger partial charge in [0.15, 0.2) is 0 Å². The average molecular weight is 703 g/mol. The summed E-state index contributed by atoms with van der Waals surface area (Å²) in [6.45, 7) is 9.47. The smallest absolute Gasteiger partial charge is 0.290 e. The third-order valence-corrected chi connectivity index (χ3v) is 11.0. The molecule has 2 saturated carbocycles. The van der Waals surface area contributed by atoms with E-state index in [4.69, 9.17) is 9.47 Å². The molecule has 2 aliphatic carbocycles. The van der Waals surface area contributed by atoms with Crippen LogP contribution in [0.1, 0.15) is 95.6 Å². The number of fused-ring (bicyclic) bond motifs is 2. The van der Waals surface area contributed by atoms with Gasteiger partial charge >= 0.3 is 0 Å². The third kappa shape index (κ3) is 7.15. The molecule has 10 nitrogen and oxygen atoms in total. The van der Waals surface area contributed by atoms with E-state index in [1.165, 1.54) is 0 Å². The highest BCUT2D eigenvalue weighted by Crippen LogP contribution is 2.47. The Bertz CT molecular complexity index is 1560. The highest BCUT2D eigenvalue weighted by atomic mass is 19.3. The average Bonchev–Trinajstić information content (AvgIpc) is 3.91.